The number of pyridine rings is 1. The molecule has 0 bridgehead atoms. The predicted octanol–water partition coefficient (Wildman–Crippen LogP) is 15.7. The summed E-state index contributed by atoms with van der Waals surface area (Å²) in [4.78, 5) is 10.5. The van der Waals surface area contributed by atoms with Gasteiger partial charge in [0.05, 0.1) is 22.3 Å². The summed E-state index contributed by atoms with van der Waals surface area (Å²) in [7, 11) is 0. The summed E-state index contributed by atoms with van der Waals surface area (Å²) in [5.74, 6) is 1.71. The average molecular weight is 1000 g/mol. The van der Waals surface area contributed by atoms with E-state index < -0.39 is 0 Å². The van der Waals surface area contributed by atoms with Crippen LogP contribution in [0.5, 0.6) is 5.75 Å². The minimum Gasteiger partial charge on any atom is -0.507 e. The fourth-order valence-electron chi connectivity index (χ4n) is 8.54. The smallest absolute Gasteiger partial charge is 0.148 e. The maximum atomic E-state index is 12.3. The van der Waals surface area contributed by atoms with Crippen molar-refractivity contribution in [3.8, 4) is 78.6 Å². The van der Waals surface area contributed by atoms with Gasteiger partial charge in [0, 0.05) is 38.5 Å². The number of hydrogen-bond donors (Lipinski definition) is 1. The standard InChI is InChI=1S/C58H52N3O.Pt/c1-7-39(6)43-26-27-54(51(33-43)42-22-15-10-16-23-42)61-55-25-17-24-49(56(55)60-58(61)52-35-45(37(2)3)34-50(38(4)5)57(52)62)47-30-46(41-20-13-9-14-21-41)31-48(32-47)53-36-44(28-29-59-53)40-18-11-8-12-19-40;/h8-31,33-39,62H,7H2,1-6H3;/q-1;. The van der Waals surface area contributed by atoms with Crippen LogP contribution in [0.1, 0.15) is 82.4 Å². The zero-order valence-corrected chi connectivity index (χ0v) is 39.0. The van der Waals surface area contributed by atoms with Crippen LogP contribution in [0.25, 0.3) is 83.9 Å². The SMILES string of the molecule is CCC(C)c1ccc(-n2c(-c3cc(C(C)C)cc(C(C)C)c3O)nc3c(-c4[c-]c(-c5cc(-c6ccccc6)ccn5)cc(-c5ccccc5)c4)cccc32)c(-c2ccccc2)c1.[Pt]. The van der Waals surface area contributed by atoms with Crippen LogP contribution >= 0.6 is 0 Å². The van der Waals surface area contributed by atoms with E-state index in [1.807, 2.05) is 18.3 Å². The molecule has 4 nitrogen and oxygen atoms in total. The molecule has 2 aromatic heterocycles. The van der Waals surface area contributed by atoms with Crippen LogP contribution in [-0.2, 0) is 21.1 Å². The minimum absolute atomic E-state index is 0. The summed E-state index contributed by atoms with van der Waals surface area (Å²) in [5, 5.41) is 12.3. The zero-order valence-electron chi connectivity index (χ0n) is 36.7. The first kappa shape index (κ1) is 43.3. The predicted molar refractivity (Wildman–Crippen MR) is 259 cm³/mol. The van der Waals surface area contributed by atoms with Gasteiger partial charge in [0.15, 0.2) is 0 Å². The zero-order chi connectivity index (χ0) is 42.9. The number of aromatic hydroxyl groups is 1. The average Bonchev–Trinajstić information content (AvgIpc) is 3.71. The summed E-state index contributed by atoms with van der Waals surface area (Å²) in [5.41, 5.74) is 17.1. The molecule has 5 heteroatoms. The van der Waals surface area contributed by atoms with Crippen molar-refractivity contribution in [1.29, 1.82) is 0 Å². The Kier molecular flexibility index (Phi) is 12.8. The van der Waals surface area contributed by atoms with Crippen LogP contribution in [0.2, 0.25) is 0 Å². The van der Waals surface area contributed by atoms with Crippen LogP contribution in [-0.4, -0.2) is 19.6 Å². The van der Waals surface area contributed by atoms with Gasteiger partial charge in [-0.25, -0.2) is 4.98 Å². The maximum Gasteiger partial charge on any atom is 0.148 e. The summed E-state index contributed by atoms with van der Waals surface area (Å²) in [6, 6.07) is 61.6. The van der Waals surface area contributed by atoms with Crippen LogP contribution in [0.4, 0.5) is 0 Å². The molecule has 0 aliphatic rings. The van der Waals surface area contributed by atoms with Crippen LogP contribution in [0.15, 0.2) is 170 Å². The number of imidazole rings is 1. The van der Waals surface area contributed by atoms with Crippen molar-refractivity contribution >= 4 is 11.0 Å². The first-order valence-corrected chi connectivity index (χ1v) is 21.9. The van der Waals surface area contributed by atoms with E-state index in [1.165, 1.54) is 5.56 Å². The number of rotatable bonds is 11. The third-order valence-electron chi connectivity index (χ3n) is 12.3. The second-order valence-corrected chi connectivity index (χ2v) is 17.1. The molecule has 9 rings (SSSR count). The molecule has 0 radical (unpaired) electrons. The minimum atomic E-state index is 0. The first-order valence-electron chi connectivity index (χ1n) is 21.9. The van der Waals surface area contributed by atoms with Gasteiger partial charge in [-0.05, 0) is 93.5 Å². The number of benzene rings is 7. The van der Waals surface area contributed by atoms with Crippen molar-refractivity contribution in [2.24, 2.45) is 0 Å². The van der Waals surface area contributed by atoms with Crippen molar-refractivity contribution in [2.45, 2.75) is 65.7 Å². The monoisotopic (exact) mass is 1000 g/mol. The Morgan fingerprint density at radius 2 is 1.19 bits per heavy atom. The van der Waals surface area contributed by atoms with Crippen LogP contribution in [0, 0.1) is 6.07 Å². The molecule has 1 atom stereocenters. The van der Waals surface area contributed by atoms with Gasteiger partial charge in [0.2, 0.25) is 0 Å². The molecule has 1 unspecified atom stereocenters. The van der Waals surface area contributed by atoms with Crippen molar-refractivity contribution < 1.29 is 26.2 Å². The Balaban J connectivity index is 0.00000544. The number of hydrogen-bond acceptors (Lipinski definition) is 3. The molecule has 0 amide bonds. The number of aromatic nitrogens is 3. The van der Waals surface area contributed by atoms with Crippen molar-refractivity contribution in [3.05, 3.63) is 193 Å². The van der Waals surface area contributed by atoms with E-state index >= 15 is 0 Å². The van der Waals surface area contributed by atoms with Crippen LogP contribution < -0.4 is 0 Å². The van der Waals surface area contributed by atoms with Gasteiger partial charge in [-0.2, -0.15) is 0 Å². The normalized spacial score (nSPS) is 11.9. The van der Waals surface area contributed by atoms with E-state index in [2.05, 4.69) is 204 Å². The third-order valence-corrected chi connectivity index (χ3v) is 12.3. The topological polar surface area (TPSA) is 50.9 Å². The fourth-order valence-corrected chi connectivity index (χ4v) is 8.54. The van der Waals surface area contributed by atoms with Gasteiger partial charge in [-0.3, -0.25) is 9.55 Å². The molecule has 7 aromatic carbocycles. The van der Waals surface area contributed by atoms with Gasteiger partial charge in [-0.15, -0.1) is 23.8 Å². The summed E-state index contributed by atoms with van der Waals surface area (Å²) >= 11 is 0. The van der Waals surface area contributed by atoms with E-state index in [0.717, 1.165) is 95.6 Å². The van der Waals surface area contributed by atoms with Crippen molar-refractivity contribution in [3.63, 3.8) is 0 Å². The number of phenolic OH excluding ortho intramolecular Hbond substituents is 1. The number of fused-ring (bicyclic) bond motifs is 1. The Bertz CT molecular complexity index is 3030. The fraction of sp³-hybridized carbons (Fsp3) is 0.172. The molecule has 1 N–H and O–H groups in total. The first-order chi connectivity index (χ1) is 30.2. The van der Waals surface area contributed by atoms with Gasteiger partial charge in [-0.1, -0.05) is 180 Å². The molecule has 2 heterocycles. The molecule has 0 saturated heterocycles. The largest absolute Gasteiger partial charge is 0.507 e. The summed E-state index contributed by atoms with van der Waals surface area (Å²) in [6.07, 6.45) is 2.92. The second kappa shape index (κ2) is 18.6. The molecule has 316 valence electrons. The molecule has 0 fully saturated rings. The van der Waals surface area contributed by atoms with E-state index in [9.17, 15) is 5.11 Å². The Hall–Kier alpha value is -6.35. The molecular formula is C58H52N3OPt-. The summed E-state index contributed by atoms with van der Waals surface area (Å²) in [6.45, 7) is 13.2. The molecular weight excluding hydrogens is 950 g/mol. The third kappa shape index (κ3) is 8.58. The van der Waals surface area contributed by atoms with E-state index in [4.69, 9.17) is 9.97 Å². The molecule has 9 aromatic rings. The second-order valence-electron chi connectivity index (χ2n) is 17.1. The maximum absolute atomic E-state index is 12.3. The Morgan fingerprint density at radius 1 is 0.556 bits per heavy atom. The Labute approximate surface area is 386 Å². The molecule has 0 saturated carbocycles. The number of para-hydroxylation sites is 1. The molecule has 0 spiro atoms. The van der Waals surface area contributed by atoms with Crippen molar-refractivity contribution in [2.75, 3.05) is 0 Å². The van der Waals surface area contributed by atoms with Gasteiger partial charge in [0.25, 0.3) is 0 Å². The van der Waals surface area contributed by atoms with Gasteiger partial charge >= 0.3 is 0 Å². The quantitative estimate of drug-likeness (QED) is 0.131. The molecule has 0 aliphatic carbocycles. The van der Waals surface area contributed by atoms with E-state index in [-0.39, 0.29) is 38.7 Å². The number of nitrogens with zero attached hydrogens (tertiary/aromatic N) is 3. The van der Waals surface area contributed by atoms with Gasteiger partial charge < -0.3 is 5.11 Å². The van der Waals surface area contributed by atoms with Crippen LogP contribution in [0.3, 0.4) is 0 Å². The molecule has 0 aliphatic heterocycles. The summed E-state index contributed by atoms with van der Waals surface area (Å²) < 4.78 is 2.28. The number of phenols is 1. The van der Waals surface area contributed by atoms with E-state index in [1.54, 1.807) is 0 Å². The Morgan fingerprint density at radius 3 is 1.84 bits per heavy atom. The van der Waals surface area contributed by atoms with Gasteiger partial charge in [0.1, 0.15) is 11.6 Å². The molecule has 63 heavy (non-hydrogen) atoms. The van der Waals surface area contributed by atoms with Crippen molar-refractivity contribution in [1.82, 2.24) is 14.5 Å². The van der Waals surface area contributed by atoms with E-state index in [0.29, 0.717) is 11.7 Å².